The van der Waals surface area contributed by atoms with E-state index in [0.717, 1.165) is 36.0 Å². The van der Waals surface area contributed by atoms with Crippen molar-refractivity contribution in [1.29, 1.82) is 0 Å². The van der Waals surface area contributed by atoms with Gasteiger partial charge in [0.15, 0.2) is 5.13 Å². The van der Waals surface area contributed by atoms with Gasteiger partial charge in [-0.05, 0) is 25.2 Å². The van der Waals surface area contributed by atoms with E-state index in [9.17, 15) is 25.0 Å². The van der Waals surface area contributed by atoms with Gasteiger partial charge in [0.05, 0.1) is 38.8 Å². The molecule has 0 aliphatic heterocycles. The Bertz CT molecular complexity index is 1170. The van der Waals surface area contributed by atoms with Crippen molar-refractivity contribution in [3.8, 4) is 5.75 Å². The number of amides is 1. The van der Waals surface area contributed by atoms with Gasteiger partial charge in [0.25, 0.3) is 17.3 Å². The van der Waals surface area contributed by atoms with Gasteiger partial charge in [0.1, 0.15) is 5.75 Å². The van der Waals surface area contributed by atoms with E-state index in [1.165, 1.54) is 16.2 Å². The molecule has 182 valence electrons. The number of halogens is 1. The molecule has 11 nitrogen and oxygen atoms in total. The summed E-state index contributed by atoms with van der Waals surface area (Å²) >= 11 is 1.29. The minimum atomic E-state index is -0.756. The number of non-ortho nitro benzene ring substituents is 2. The first kappa shape index (κ1) is 26.9. The Morgan fingerprint density at radius 3 is 2.18 bits per heavy atom. The van der Waals surface area contributed by atoms with Crippen LogP contribution in [0, 0.1) is 20.2 Å². The SMILES string of the molecule is CCN(CC)CCN(C(=O)c1cc([N+](=O)[O-])cc([N+](=O)[O-])c1)c1nc2cc(OC)ccc2s1.Cl. The first-order chi connectivity index (χ1) is 15.8. The number of carbonyl (C=O) groups excluding carboxylic acids is 1. The molecule has 1 amide bonds. The molecule has 0 spiro atoms. The predicted octanol–water partition coefficient (Wildman–Crippen LogP) is 4.53. The number of methoxy groups -OCH3 is 1. The van der Waals surface area contributed by atoms with Gasteiger partial charge in [-0.15, -0.1) is 12.4 Å². The highest BCUT2D eigenvalue weighted by Gasteiger charge is 2.26. The second kappa shape index (κ2) is 11.7. The largest absolute Gasteiger partial charge is 0.497 e. The molecule has 3 aromatic rings. The third kappa shape index (κ3) is 5.95. The molecule has 0 atom stereocenters. The predicted molar refractivity (Wildman–Crippen MR) is 133 cm³/mol. The summed E-state index contributed by atoms with van der Waals surface area (Å²) in [5.41, 5.74) is -0.553. The lowest BCUT2D eigenvalue weighted by molar-refractivity contribution is -0.394. The van der Waals surface area contributed by atoms with Crippen molar-refractivity contribution in [2.75, 3.05) is 38.2 Å². The maximum absolute atomic E-state index is 13.5. The molecule has 1 heterocycles. The summed E-state index contributed by atoms with van der Waals surface area (Å²) in [6.07, 6.45) is 0. The molecule has 3 rings (SSSR count). The fourth-order valence-corrected chi connectivity index (χ4v) is 4.26. The minimum absolute atomic E-state index is 0. The summed E-state index contributed by atoms with van der Waals surface area (Å²) in [6, 6.07) is 8.31. The van der Waals surface area contributed by atoms with E-state index in [0.29, 0.717) is 22.9 Å². The van der Waals surface area contributed by atoms with Crippen LogP contribution >= 0.6 is 23.7 Å². The van der Waals surface area contributed by atoms with E-state index in [1.807, 2.05) is 19.9 Å². The number of likely N-dealkylation sites (N-methyl/N-ethyl adjacent to an activating group) is 1. The Morgan fingerprint density at radius 2 is 1.65 bits per heavy atom. The second-order valence-electron chi connectivity index (χ2n) is 7.07. The highest BCUT2D eigenvalue weighted by molar-refractivity contribution is 7.22. The van der Waals surface area contributed by atoms with Gasteiger partial charge in [0, 0.05) is 31.3 Å². The normalized spacial score (nSPS) is 10.7. The van der Waals surface area contributed by atoms with Crippen LogP contribution in [0.3, 0.4) is 0 Å². The summed E-state index contributed by atoms with van der Waals surface area (Å²) in [7, 11) is 1.55. The number of benzene rings is 2. The molecule has 0 aliphatic rings. The van der Waals surface area contributed by atoms with E-state index in [4.69, 9.17) is 4.74 Å². The molecule has 0 N–H and O–H groups in total. The van der Waals surface area contributed by atoms with Gasteiger partial charge in [-0.2, -0.15) is 0 Å². The van der Waals surface area contributed by atoms with Gasteiger partial charge in [-0.25, -0.2) is 4.98 Å². The summed E-state index contributed by atoms with van der Waals surface area (Å²) in [5.74, 6) is 0.0228. The number of fused-ring (bicyclic) bond motifs is 1. The maximum Gasteiger partial charge on any atom is 0.277 e. The van der Waals surface area contributed by atoms with Crippen LogP contribution in [0.2, 0.25) is 0 Å². The standard InChI is InChI=1S/C21H23N5O6S.ClH/c1-4-23(5-2)8-9-24(21-22-18-13-17(32-3)6-7-19(18)33-21)20(27)14-10-15(25(28)29)12-16(11-14)26(30)31;/h6-7,10-13H,4-5,8-9H2,1-3H3;1H. The molecule has 0 saturated carbocycles. The van der Waals surface area contributed by atoms with E-state index >= 15 is 0 Å². The van der Waals surface area contributed by atoms with Crippen LogP contribution in [0.25, 0.3) is 10.2 Å². The number of hydrogen-bond donors (Lipinski definition) is 0. The van der Waals surface area contributed by atoms with Crippen molar-refractivity contribution < 1.29 is 19.4 Å². The highest BCUT2D eigenvalue weighted by atomic mass is 35.5. The van der Waals surface area contributed by atoms with Gasteiger partial charge in [0.2, 0.25) is 0 Å². The van der Waals surface area contributed by atoms with Crippen LogP contribution in [0.1, 0.15) is 24.2 Å². The maximum atomic E-state index is 13.5. The Kier molecular flexibility index (Phi) is 9.24. The number of carbonyl (C=O) groups is 1. The molecular formula is C21H24ClN5O6S. The number of anilines is 1. The first-order valence-electron chi connectivity index (χ1n) is 10.2. The van der Waals surface area contributed by atoms with Crippen molar-refractivity contribution in [3.63, 3.8) is 0 Å². The lowest BCUT2D eigenvalue weighted by Crippen LogP contribution is -2.38. The molecule has 34 heavy (non-hydrogen) atoms. The monoisotopic (exact) mass is 509 g/mol. The smallest absolute Gasteiger partial charge is 0.277 e. The fraction of sp³-hybridized carbons (Fsp3) is 0.333. The summed E-state index contributed by atoms with van der Waals surface area (Å²) in [5, 5.41) is 23.0. The van der Waals surface area contributed by atoms with E-state index in [2.05, 4.69) is 9.88 Å². The van der Waals surface area contributed by atoms with Crippen LogP contribution in [0.5, 0.6) is 5.75 Å². The zero-order valence-electron chi connectivity index (χ0n) is 18.8. The Labute approximate surface area is 205 Å². The molecule has 0 radical (unpaired) electrons. The number of hydrogen-bond acceptors (Lipinski definition) is 9. The summed E-state index contributed by atoms with van der Waals surface area (Å²) < 4.78 is 6.07. The minimum Gasteiger partial charge on any atom is -0.497 e. The topological polar surface area (TPSA) is 132 Å². The number of rotatable bonds is 10. The van der Waals surface area contributed by atoms with Crippen LogP contribution in [0.15, 0.2) is 36.4 Å². The molecule has 0 aliphatic carbocycles. The average Bonchev–Trinajstić information content (AvgIpc) is 3.23. The summed E-state index contributed by atoms with van der Waals surface area (Å²) in [6.45, 7) is 6.35. The number of nitrogens with zero attached hydrogens (tertiary/aromatic N) is 5. The van der Waals surface area contributed by atoms with E-state index < -0.39 is 27.1 Å². The second-order valence-corrected chi connectivity index (χ2v) is 8.08. The number of thiazole rings is 1. The fourth-order valence-electron chi connectivity index (χ4n) is 3.29. The van der Waals surface area contributed by atoms with Crippen molar-refractivity contribution >= 4 is 56.4 Å². The van der Waals surface area contributed by atoms with Gasteiger partial charge in [-0.3, -0.25) is 29.9 Å². The van der Waals surface area contributed by atoms with Crippen LogP contribution in [-0.2, 0) is 0 Å². The van der Waals surface area contributed by atoms with Gasteiger partial charge < -0.3 is 9.64 Å². The third-order valence-corrected chi connectivity index (χ3v) is 6.22. The number of aromatic nitrogens is 1. The van der Waals surface area contributed by atoms with E-state index in [1.54, 1.807) is 19.2 Å². The van der Waals surface area contributed by atoms with Crippen LogP contribution in [0.4, 0.5) is 16.5 Å². The number of nitro benzene ring substituents is 2. The van der Waals surface area contributed by atoms with Crippen LogP contribution in [-0.4, -0.2) is 58.9 Å². The molecule has 13 heteroatoms. The average molecular weight is 510 g/mol. The number of nitro groups is 2. The lowest BCUT2D eigenvalue weighted by Gasteiger charge is -2.24. The van der Waals surface area contributed by atoms with Gasteiger partial charge >= 0.3 is 0 Å². The Morgan fingerprint density at radius 1 is 1.03 bits per heavy atom. The summed E-state index contributed by atoms with van der Waals surface area (Å²) in [4.78, 5) is 42.7. The molecule has 1 aromatic heterocycles. The molecule has 0 fully saturated rings. The number of ether oxygens (including phenoxy) is 1. The van der Waals surface area contributed by atoms with E-state index in [-0.39, 0.29) is 24.5 Å². The van der Waals surface area contributed by atoms with Crippen LogP contribution < -0.4 is 9.64 Å². The van der Waals surface area contributed by atoms with Crippen molar-refractivity contribution in [2.24, 2.45) is 0 Å². The zero-order chi connectivity index (χ0) is 24.1. The molecular weight excluding hydrogens is 486 g/mol. The molecule has 0 bridgehead atoms. The molecule has 2 aromatic carbocycles. The Balaban J connectivity index is 0.00000408. The first-order valence-corrected chi connectivity index (χ1v) is 11.0. The molecule has 0 unspecified atom stereocenters. The van der Waals surface area contributed by atoms with Gasteiger partial charge in [-0.1, -0.05) is 25.2 Å². The quantitative estimate of drug-likeness (QED) is 0.287. The van der Waals surface area contributed by atoms with Crippen molar-refractivity contribution in [3.05, 3.63) is 62.2 Å². The van der Waals surface area contributed by atoms with Crippen molar-refractivity contribution in [1.82, 2.24) is 9.88 Å². The Hall–Kier alpha value is -3.35. The molecule has 0 saturated heterocycles. The third-order valence-electron chi connectivity index (χ3n) is 5.16. The lowest BCUT2D eigenvalue weighted by atomic mass is 10.1. The zero-order valence-corrected chi connectivity index (χ0v) is 20.4. The highest BCUT2D eigenvalue weighted by Crippen LogP contribution is 2.33. The van der Waals surface area contributed by atoms with Crippen molar-refractivity contribution in [2.45, 2.75) is 13.8 Å².